The summed E-state index contributed by atoms with van der Waals surface area (Å²) in [5.41, 5.74) is 10.8. The Kier molecular flexibility index (Phi) is 2.29. The lowest BCUT2D eigenvalue weighted by atomic mass is 10.1. The van der Waals surface area contributed by atoms with Gasteiger partial charge in [0.05, 0.1) is 6.04 Å². The smallest absolute Gasteiger partial charge is 0.124 e. The van der Waals surface area contributed by atoms with E-state index >= 15 is 0 Å². The molecule has 0 radical (unpaired) electrons. The lowest BCUT2D eigenvalue weighted by Crippen LogP contribution is -2.24. The van der Waals surface area contributed by atoms with Crippen LogP contribution in [0.3, 0.4) is 0 Å². The molecular formula is C16H16N2O. The zero-order chi connectivity index (χ0) is 12.8. The van der Waals surface area contributed by atoms with E-state index in [-0.39, 0.29) is 0 Å². The predicted molar refractivity (Wildman–Crippen MR) is 74.8 cm³/mol. The summed E-state index contributed by atoms with van der Waals surface area (Å²) >= 11 is 0. The monoisotopic (exact) mass is 252 g/mol. The first-order chi connectivity index (χ1) is 9.31. The largest absolute Gasteiger partial charge is 0.491 e. The first kappa shape index (κ1) is 10.9. The molecule has 0 fully saturated rings. The van der Waals surface area contributed by atoms with Crippen LogP contribution in [0.25, 0.3) is 0 Å². The fourth-order valence-corrected chi connectivity index (χ4v) is 3.11. The van der Waals surface area contributed by atoms with Gasteiger partial charge in [0.2, 0.25) is 0 Å². The van der Waals surface area contributed by atoms with Crippen LogP contribution in [0.2, 0.25) is 0 Å². The zero-order valence-corrected chi connectivity index (χ0v) is 10.7. The second kappa shape index (κ2) is 4.00. The van der Waals surface area contributed by atoms with Gasteiger partial charge in [-0.25, -0.2) is 0 Å². The Bertz CT molecular complexity index is 638. The third kappa shape index (κ3) is 1.70. The second-order valence-electron chi connectivity index (χ2n) is 5.30. The van der Waals surface area contributed by atoms with Crippen molar-refractivity contribution in [2.75, 3.05) is 12.3 Å². The standard InChI is InChI=1S/C16H16N2O/c17-13-6-5-11-8-18(9-12(11)7-13)15-10-19-16-4-2-1-3-14(15)16/h1-7,15H,8-10,17H2. The highest BCUT2D eigenvalue weighted by molar-refractivity contribution is 5.47. The number of benzene rings is 2. The van der Waals surface area contributed by atoms with E-state index in [1.54, 1.807) is 0 Å². The number of anilines is 1. The number of fused-ring (bicyclic) bond motifs is 2. The zero-order valence-electron chi connectivity index (χ0n) is 10.7. The first-order valence-electron chi connectivity index (χ1n) is 6.64. The Hall–Kier alpha value is -2.00. The molecule has 4 rings (SSSR count). The Morgan fingerprint density at radius 3 is 2.84 bits per heavy atom. The maximum atomic E-state index is 5.86. The van der Waals surface area contributed by atoms with Gasteiger partial charge in [0.25, 0.3) is 0 Å². The molecule has 1 unspecified atom stereocenters. The van der Waals surface area contributed by atoms with E-state index in [4.69, 9.17) is 10.5 Å². The minimum atomic E-state index is 0.366. The SMILES string of the molecule is Nc1ccc2c(c1)CN(C1COc3ccccc31)C2. The molecule has 2 aliphatic heterocycles. The molecule has 0 amide bonds. The highest BCUT2D eigenvalue weighted by Crippen LogP contribution is 2.39. The molecule has 2 heterocycles. The first-order valence-corrected chi connectivity index (χ1v) is 6.64. The number of nitrogens with two attached hydrogens (primary N) is 1. The van der Waals surface area contributed by atoms with Gasteiger partial charge in [0, 0.05) is 24.3 Å². The summed E-state index contributed by atoms with van der Waals surface area (Å²) < 4.78 is 5.78. The number of rotatable bonds is 1. The molecule has 19 heavy (non-hydrogen) atoms. The van der Waals surface area contributed by atoms with Crippen molar-refractivity contribution < 1.29 is 4.74 Å². The number of hydrogen-bond acceptors (Lipinski definition) is 3. The molecule has 0 bridgehead atoms. The van der Waals surface area contributed by atoms with Crippen LogP contribution in [0.5, 0.6) is 5.75 Å². The van der Waals surface area contributed by atoms with Crippen LogP contribution in [0.1, 0.15) is 22.7 Å². The van der Waals surface area contributed by atoms with Crippen molar-refractivity contribution in [3.8, 4) is 5.75 Å². The van der Waals surface area contributed by atoms with Crippen molar-refractivity contribution in [2.24, 2.45) is 0 Å². The number of nitrogen functional groups attached to an aromatic ring is 1. The summed E-state index contributed by atoms with van der Waals surface area (Å²) in [7, 11) is 0. The van der Waals surface area contributed by atoms with Crippen LogP contribution in [-0.4, -0.2) is 11.5 Å². The molecule has 0 spiro atoms. The maximum absolute atomic E-state index is 5.86. The van der Waals surface area contributed by atoms with Gasteiger partial charge in [0.1, 0.15) is 12.4 Å². The van der Waals surface area contributed by atoms with Crippen LogP contribution in [0.15, 0.2) is 42.5 Å². The number of para-hydroxylation sites is 1. The number of hydrogen-bond donors (Lipinski definition) is 1. The molecule has 0 aliphatic carbocycles. The van der Waals surface area contributed by atoms with E-state index in [0.29, 0.717) is 6.04 Å². The molecule has 3 nitrogen and oxygen atoms in total. The van der Waals surface area contributed by atoms with Gasteiger partial charge in [-0.15, -0.1) is 0 Å². The summed E-state index contributed by atoms with van der Waals surface area (Å²) in [6.07, 6.45) is 0. The van der Waals surface area contributed by atoms with E-state index in [1.807, 2.05) is 12.1 Å². The summed E-state index contributed by atoms with van der Waals surface area (Å²) in [5.74, 6) is 1.03. The van der Waals surface area contributed by atoms with Crippen molar-refractivity contribution in [2.45, 2.75) is 19.1 Å². The van der Waals surface area contributed by atoms with E-state index in [9.17, 15) is 0 Å². The van der Waals surface area contributed by atoms with Gasteiger partial charge in [-0.05, 0) is 29.3 Å². The van der Waals surface area contributed by atoms with Crippen LogP contribution in [0, 0.1) is 0 Å². The Balaban J connectivity index is 1.64. The molecule has 2 aliphatic rings. The van der Waals surface area contributed by atoms with Crippen molar-refractivity contribution in [3.05, 3.63) is 59.2 Å². The Morgan fingerprint density at radius 2 is 1.89 bits per heavy atom. The molecule has 0 aromatic heterocycles. The molecule has 0 saturated heterocycles. The fraction of sp³-hybridized carbons (Fsp3) is 0.250. The number of nitrogens with zero attached hydrogens (tertiary/aromatic N) is 1. The maximum Gasteiger partial charge on any atom is 0.124 e. The normalized spacial score (nSPS) is 20.9. The third-order valence-electron chi connectivity index (χ3n) is 4.09. The summed E-state index contributed by atoms with van der Waals surface area (Å²) in [5, 5.41) is 0. The average molecular weight is 252 g/mol. The van der Waals surface area contributed by atoms with E-state index in [0.717, 1.165) is 31.1 Å². The highest BCUT2D eigenvalue weighted by atomic mass is 16.5. The highest BCUT2D eigenvalue weighted by Gasteiger charge is 2.32. The molecule has 96 valence electrons. The summed E-state index contributed by atoms with van der Waals surface area (Å²) in [4.78, 5) is 2.47. The molecule has 0 saturated carbocycles. The minimum Gasteiger partial charge on any atom is -0.491 e. The second-order valence-corrected chi connectivity index (χ2v) is 5.30. The Labute approximate surface area is 112 Å². The van der Waals surface area contributed by atoms with Crippen LogP contribution in [0.4, 0.5) is 5.69 Å². The Morgan fingerprint density at radius 1 is 1.05 bits per heavy atom. The van der Waals surface area contributed by atoms with E-state index < -0.39 is 0 Å². The number of ether oxygens (including phenoxy) is 1. The lowest BCUT2D eigenvalue weighted by Gasteiger charge is -2.22. The summed E-state index contributed by atoms with van der Waals surface area (Å²) in [6, 6.07) is 14.9. The van der Waals surface area contributed by atoms with Crippen LogP contribution in [-0.2, 0) is 13.1 Å². The van der Waals surface area contributed by atoms with Gasteiger partial charge < -0.3 is 10.5 Å². The topological polar surface area (TPSA) is 38.5 Å². The molecule has 2 aromatic rings. The minimum absolute atomic E-state index is 0.366. The van der Waals surface area contributed by atoms with Crippen molar-refractivity contribution >= 4 is 5.69 Å². The van der Waals surface area contributed by atoms with Crippen molar-refractivity contribution in [1.82, 2.24) is 4.90 Å². The fourth-order valence-electron chi connectivity index (χ4n) is 3.11. The average Bonchev–Trinajstić information content (AvgIpc) is 3.00. The lowest BCUT2D eigenvalue weighted by molar-refractivity contribution is 0.164. The van der Waals surface area contributed by atoms with Gasteiger partial charge >= 0.3 is 0 Å². The molecule has 3 heteroatoms. The van der Waals surface area contributed by atoms with Gasteiger partial charge in [0.15, 0.2) is 0 Å². The van der Waals surface area contributed by atoms with Crippen LogP contribution >= 0.6 is 0 Å². The van der Waals surface area contributed by atoms with E-state index in [1.165, 1.54) is 16.7 Å². The van der Waals surface area contributed by atoms with Crippen LogP contribution < -0.4 is 10.5 Å². The van der Waals surface area contributed by atoms with E-state index in [2.05, 4.69) is 35.2 Å². The third-order valence-corrected chi connectivity index (χ3v) is 4.09. The van der Waals surface area contributed by atoms with Crippen molar-refractivity contribution in [3.63, 3.8) is 0 Å². The van der Waals surface area contributed by atoms with Gasteiger partial charge in [-0.1, -0.05) is 24.3 Å². The quantitative estimate of drug-likeness (QED) is 0.793. The molecule has 2 N–H and O–H groups in total. The van der Waals surface area contributed by atoms with Crippen molar-refractivity contribution in [1.29, 1.82) is 0 Å². The molecule has 2 aromatic carbocycles. The molecular weight excluding hydrogens is 236 g/mol. The van der Waals surface area contributed by atoms with Gasteiger partial charge in [-0.2, -0.15) is 0 Å². The summed E-state index contributed by atoms with van der Waals surface area (Å²) in [6.45, 7) is 2.70. The van der Waals surface area contributed by atoms with Gasteiger partial charge in [-0.3, -0.25) is 4.90 Å². The predicted octanol–water partition coefficient (Wildman–Crippen LogP) is 2.72. The molecule has 1 atom stereocenters.